The molecule has 0 saturated heterocycles. The number of nitrogens with one attached hydrogen (secondary N) is 1. The maximum absolute atomic E-state index is 13.2. The quantitative estimate of drug-likeness (QED) is 0.205. The van der Waals surface area contributed by atoms with Crippen LogP contribution in [0.1, 0.15) is 55.5 Å². The molecule has 0 fully saturated rings. The van der Waals surface area contributed by atoms with Crippen molar-refractivity contribution in [2.24, 2.45) is 5.92 Å². The fraction of sp³-hybridized carbons (Fsp3) is 0.308. The van der Waals surface area contributed by atoms with Crippen LogP contribution in [0.5, 0.6) is 0 Å². The monoisotopic (exact) mass is 504 g/mol. The van der Waals surface area contributed by atoms with E-state index in [1.54, 1.807) is 0 Å². The zero-order chi connectivity index (χ0) is 25.8. The minimum Gasteiger partial charge on any atom is -0.309 e. The minimum absolute atomic E-state index is 0.0518. The molecule has 1 atom stereocenters. The Morgan fingerprint density at radius 3 is 2.58 bits per heavy atom. The predicted molar refractivity (Wildman–Crippen MR) is 139 cm³/mol. The molecule has 0 radical (unpaired) electrons. The van der Waals surface area contributed by atoms with E-state index in [0.29, 0.717) is 34.7 Å². The Morgan fingerprint density at radius 1 is 1.22 bits per heavy atom. The van der Waals surface area contributed by atoms with Gasteiger partial charge in [-0.1, -0.05) is 56.8 Å². The Hall–Kier alpha value is -4.03. The number of nitro benzene ring substituents is 1. The Labute approximate surface area is 212 Å². The molecule has 2 heterocycles. The summed E-state index contributed by atoms with van der Waals surface area (Å²) in [5.41, 5.74) is 2.12. The Morgan fingerprint density at radius 2 is 1.94 bits per heavy atom. The van der Waals surface area contributed by atoms with E-state index in [9.17, 15) is 20.2 Å². The van der Waals surface area contributed by atoms with Gasteiger partial charge in [0, 0.05) is 18.2 Å². The summed E-state index contributed by atoms with van der Waals surface area (Å²) < 4.78 is 1.85. The van der Waals surface area contributed by atoms with Crippen LogP contribution in [0.25, 0.3) is 22.2 Å². The number of nitriles is 1. The number of halogens is 1. The van der Waals surface area contributed by atoms with Gasteiger partial charge < -0.3 is 9.88 Å². The van der Waals surface area contributed by atoms with Crippen LogP contribution in [-0.4, -0.2) is 25.4 Å². The third-order valence-corrected chi connectivity index (χ3v) is 6.60. The molecule has 4 rings (SSSR count). The maximum atomic E-state index is 13.2. The lowest BCUT2D eigenvalue weighted by molar-refractivity contribution is -0.384. The molecule has 10 heteroatoms. The average Bonchev–Trinajstić information content (AvgIpc) is 3.15. The highest BCUT2D eigenvalue weighted by Gasteiger charge is 2.25. The van der Waals surface area contributed by atoms with Gasteiger partial charge in [0.15, 0.2) is 5.65 Å². The number of fused-ring (bicyclic) bond motifs is 2. The Balaban J connectivity index is 1.86. The number of unbranched alkanes of at least 4 members (excludes halogenated alkanes) is 1. The van der Waals surface area contributed by atoms with E-state index in [2.05, 4.69) is 25.2 Å². The van der Waals surface area contributed by atoms with Crippen molar-refractivity contribution in [3.8, 4) is 6.07 Å². The van der Waals surface area contributed by atoms with Crippen molar-refractivity contribution in [2.75, 3.05) is 5.32 Å². The normalized spacial score (nSPS) is 11.9. The summed E-state index contributed by atoms with van der Waals surface area (Å²) in [6.07, 6.45) is 4.04. The molecule has 2 aromatic heterocycles. The zero-order valence-corrected chi connectivity index (χ0v) is 20.7. The number of hydrogen-bond donors (Lipinski definition) is 1. The molecule has 0 aliphatic heterocycles. The van der Waals surface area contributed by atoms with Crippen molar-refractivity contribution < 1.29 is 9.72 Å². The molecule has 1 unspecified atom stereocenters. The number of carbonyl (C=O) groups excluding carboxylic acids is 1. The van der Waals surface area contributed by atoms with Crippen LogP contribution in [0, 0.1) is 27.4 Å². The number of nitrogens with zero attached hydrogens (tertiary/aromatic N) is 5. The molecule has 36 heavy (non-hydrogen) atoms. The van der Waals surface area contributed by atoms with E-state index in [4.69, 9.17) is 21.6 Å². The van der Waals surface area contributed by atoms with Crippen molar-refractivity contribution in [2.45, 2.75) is 46.1 Å². The number of benzene rings is 2. The van der Waals surface area contributed by atoms with Crippen LogP contribution in [0.2, 0.25) is 5.02 Å². The number of anilines is 1. The Bertz CT molecular complexity index is 1510. The predicted octanol–water partition coefficient (Wildman–Crippen LogP) is 6.49. The standard InChI is InChI=1S/C26H25ClN6O3/c1-3-5-8-16(4-2)15-32-24(31-26(34)17-11-12-19(27)22(13-17)33(35)36)18(14-28)23-25(32)30-21-10-7-6-9-20(21)29-23/h6-7,9-13,16H,3-5,8,15H2,1-2H3,(H,31,34). The third kappa shape index (κ3) is 4.86. The molecule has 0 saturated carbocycles. The molecule has 0 bridgehead atoms. The van der Waals surface area contributed by atoms with E-state index >= 15 is 0 Å². The molecule has 1 amide bonds. The molecule has 9 nitrogen and oxygen atoms in total. The highest BCUT2D eigenvalue weighted by molar-refractivity contribution is 6.32. The van der Waals surface area contributed by atoms with Gasteiger partial charge in [-0.15, -0.1) is 0 Å². The molecule has 2 aromatic carbocycles. The van der Waals surface area contributed by atoms with Gasteiger partial charge in [0.05, 0.1) is 16.0 Å². The summed E-state index contributed by atoms with van der Waals surface area (Å²) in [4.78, 5) is 33.4. The van der Waals surface area contributed by atoms with Gasteiger partial charge >= 0.3 is 0 Å². The van der Waals surface area contributed by atoms with Crippen molar-refractivity contribution in [3.63, 3.8) is 0 Å². The van der Waals surface area contributed by atoms with E-state index in [1.165, 1.54) is 12.1 Å². The topological polar surface area (TPSA) is 127 Å². The van der Waals surface area contributed by atoms with Crippen LogP contribution in [0.3, 0.4) is 0 Å². The molecule has 0 aliphatic rings. The highest BCUT2D eigenvalue weighted by atomic mass is 35.5. The summed E-state index contributed by atoms with van der Waals surface area (Å²) in [5, 5.41) is 24.1. The van der Waals surface area contributed by atoms with E-state index in [1.807, 2.05) is 28.8 Å². The minimum atomic E-state index is -0.643. The van der Waals surface area contributed by atoms with Crippen LogP contribution in [0.15, 0.2) is 42.5 Å². The number of hydrogen-bond acceptors (Lipinski definition) is 6. The summed E-state index contributed by atoms with van der Waals surface area (Å²) in [5.74, 6) is -0.0190. The first kappa shape index (κ1) is 25.1. The van der Waals surface area contributed by atoms with E-state index in [0.717, 1.165) is 31.7 Å². The molecule has 184 valence electrons. The second-order valence-corrected chi connectivity index (χ2v) is 9.03. The second-order valence-electron chi connectivity index (χ2n) is 8.62. The van der Waals surface area contributed by atoms with Gasteiger partial charge in [-0.2, -0.15) is 5.26 Å². The third-order valence-electron chi connectivity index (χ3n) is 6.28. The van der Waals surface area contributed by atoms with Gasteiger partial charge in [0.1, 0.15) is 28.0 Å². The zero-order valence-electron chi connectivity index (χ0n) is 20.0. The molecule has 4 aromatic rings. The first-order chi connectivity index (χ1) is 17.4. The first-order valence-electron chi connectivity index (χ1n) is 11.8. The summed E-state index contributed by atoms with van der Waals surface area (Å²) in [6.45, 7) is 4.79. The highest BCUT2D eigenvalue weighted by Crippen LogP contribution is 2.32. The fourth-order valence-corrected chi connectivity index (χ4v) is 4.45. The largest absolute Gasteiger partial charge is 0.309 e. The van der Waals surface area contributed by atoms with Gasteiger partial charge in [-0.25, -0.2) is 9.97 Å². The SMILES string of the molecule is CCCCC(CC)Cn1c(NC(=O)c2ccc(Cl)c([N+](=O)[O-])c2)c(C#N)c2nc3ccccc3nc21. The lowest BCUT2D eigenvalue weighted by Gasteiger charge is -2.18. The lowest BCUT2D eigenvalue weighted by Crippen LogP contribution is -2.19. The molecular weight excluding hydrogens is 480 g/mol. The van der Waals surface area contributed by atoms with Gasteiger partial charge in [-0.05, 0) is 36.6 Å². The number of para-hydroxylation sites is 2. The van der Waals surface area contributed by atoms with Gasteiger partial charge in [0.25, 0.3) is 11.6 Å². The van der Waals surface area contributed by atoms with Gasteiger partial charge in [0.2, 0.25) is 0 Å². The molecular formula is C26H25ClN6O3. The lowest BCUT2D eigenvalue weighted by atomic mass is 9.99. The molecule has 0 aliphatic carbocycles. The van der Waals surface area contributed by atoms with E-state index < -0.39 is 10.8 Å². The van der Waals surface area contributed by atoms with Crippen molar-refractivity contribution in [1.29, 1.82) is 5.26 Å². The number of carbonyl (C=O) groups is 1. The molecule has 0 spiro atoms. The van der Waals surface area contributed by atoms with E-state index in [-0.39, 0.29) is 27.7 Å². The number of amides is 1. The van der Waals surface area contributed by atoms with Gasteiger partial charge in [-0.3, -0.25) is 14.9 Å². The summed E-state index contributed by atoms with van der Waals surface area (Å²) >= 11 is 5.91. The van der Waals surface area contributed by atoms with Crippen LogP contribution in [-0.2, 0) is 6.54 Å². The van der Waals surface area contributed by atoms with Crippen molar-refractivity contribution in [1.82, 2.24) is 14.5 Å². The summed E-state index contributed by atoms with van der Waals surface area (Å²) in [7, 11) is 0. The summed E-state index contributed by atoms with van der Waals surface area (Å²) in [6, 6.07) is 13.4. The fourth-order valence-electron chi connectivity index (χ4n) is 4.26. The average molecular weight is 505 g/mol. The Kier molecular flexibility index (Phi) is 7.46. The smallest absolute Gasteiger partial charge is 0.288 e. The second kappa shape index (κ2) is 10.7. The number of aromatic nitrogens is 3. The number of rotatable bonds is 9. The van der Waals surface area contributed by atoms with Crippen LogP contribution in [0.4, 0.5) is 11.5 Å². The first-order valence-corrected chi connectivity index (χ1v) is 12.2. The number of nitro groups is 1. The van der Waals surface area contributed by atoms with Crippen molar-refractivity contribution in [3.05, 3.63) is 68.7 Å². The maximum Gasteiger partial charge on any atom is 0.288 e. The van der Waals surface area contributed by atoms with Crippen LogP contribution >= 0.6 is 11.6 Å². The van der Waals surface area contributed by atoms with Crippen molar-refractivity contribution >= 4 is 51.2 Å². The van der Waals surface area contributed by atoms with Crippen LogP contribution < -0.4 is 5.32 Å². The molecule has 1 N–H and O–H groups in total.